The molecule has 0 amide bonds. The number of hydroxylamine groups is 2. The lowest BCUT2D eigenvalue weighted by molar-refractivity contribution is -0.260. The monoisotopic (exact) mass is 530 g/mol. The van der Waals surface area contributed by atoms with Crippen molar-refractivity contribution in [2.45, 2.75) is 77.3 Å². The van der Waals surface area contributed by atoms with Crippen LogP contribution in [0.4, 0.5) is 0 Å². The van der Waals surface area contributed by atoms with Crippen LogP contribution >= 0.6 is 0 Å². The standard InChI is InChI=1S/C33H40NO5/c1-5-7-23-37-28-15-9-25(10-16-28)31(35)39-30-19-13-27(14-20-30)33(4)22-21-32(3,34(33)36)26-11-17-29(18-12-26)38-24-8-6-2/h9-20H,5-8,21-24H2,1-4H3/t32-,33-/m1/s1. The van der Waals surface area contributed by atoms with Gasteiger partial charge < -0.3 is 14.2 Å². The van der Waals surface area contributed by atoms with Crippen molar-refractivity contribution in [2.75, 3.05) is 13.2 Å². The Morgan fingerprint density at radius 1 is 0.692 bits per heavy atom. The second-order valence-electron chi connectivity index (χ2n) is 10.7. The van der Waals surface area contributed by atoms with Gasteiger partial charge in [-0.15, -0.1) is 10.3 Å². The first-order chi connectivity index (χ1) is 18.8. The summed E-state index contributed by atoms with van der Waals surface area (Å²) in [5.41, 5.74) is 0.994. The van der Waals surface area contributed by atoms with Gasteiger partial charge in [-0.25, -0.2) is 4.79 Å². The van der Waals surface area contributed by atoms with Crippen LogP contribution in [0.25, 0.3) is 0 Å². The minimum absolute atomic E-state index is 0.435. The van der Waals surface area contributed by atoms with Crippen LogP contribution in [-0.2, 0) is 16.3 Å². The Hall–Kier alpha value is -3.35. The zero-order valence-corrected chi connectivity index (χ0v) is 23.6. The average molecular weight is 531 g/mol. The van der Waals surface area contributed by atoms with Crippen molar-refractivity contribution in [3.8, 4) is 17.2 Å². The van der Waals surface area contributed by atoms with Crippen molar-refractivity contribution in [1.82, 2.24) is 5.06 Å². The lowest BCUT2D eigenvalue weighted by Crippen LogP contribution is -2.44. The molecule has 0 aliphatic carbocycles. The Morgan fingerprint density at radius 3 is 1.54 bits per heavy atom. The summed E-state index contributed by atoms with van der Waals surface area (Å²) >= 11 is 0. The fraction of sp³-hybridized carbons (Fsp3) is 0.424. The fourth-order valence-corrected chi connectivity index (χ4v) is 5.07. The molecule has 207 valence electrons. The maximum atomic E-state index is 13.8. The summed E-state index contributed by atoms with van der Waals surface area (Å²) in [5.74, 6) is 1.57. The molecule has 6 heteroatoms. The van der Waals surface area contributed by atoms with Crippen LogP contribution in [-0.4, -0.2) is 24.2 Å². The number of rotatable bonds is 12. The van der Waals surface area contributed by atoms with E-state index >= 15 is 0 Å². The Bertz CT molecular complexity index is 1210. The molecule has 0 saturated carbocycles. The summed E-state index contributed by atoms with van der Waals surface area (Å²) in [6, 6.07) is 22.2. The number of carbonyl (C=O) groups excluding carboxylic acids is 1. The van der Waals surface area contributed by atoms with Crippen molar-refractivity contribution in [3.05, 3.63) is 89.5 Å². The zero-order chi connectivity index (χ0) is 27.9. The van der Waals surface area contributed by atoms with E-state index in [-0.39, 0.29) is 0 Å². The highest BCUT2D eigenvalue weighted by Crippen LogP contribution is 2.51. The highest BCUT2D eigenvalue weighted by atomic mass is 16.5. The molecule has 1 heterocycles. The first kappa shape index (κ1) is 28.7. The van der Waals surface area contributed by atoms with E-state index in [1.807, 2.05) is 50.2 Å². The number of esters is 1. The molecule has 39 heavy (non-hydrogen) atoms. The number of unbranched alkanes of at least 4 members (excludes halogenated alkanes) is 2. The maximum absolute atomic E-state index is 13.8. The largest absolute Gasteiger partial charge is 0.494 e. The minimum atomic E-state index is -0.693. The summed E-state index contributed by atoms with van der Waals surface area (Å²) < 4.78 is 17.0. The molecular formula is C33H40NO5. The van der Waals surface area contributed by atoms with Crippen molar-refractivity contribution in [3.63, 3.8) is 0 Å². The zero-order valence-electron chi connectivity index (χ0n) is 23.6. The van der Waals surface area contributed by atoms with Crippen molar-refractivity contribution >= 4 is 5.97 Å². The first-order valence-electron chi connectivity index (χ1n) is 14.1. The molecule has 0 N–H and O–H groups in total. The van der Waals surface area contributed by atoms with Crippen LogP contribution in [0.5, 0.6) is 17.2 Å². The van der Waals surface area contributed by atoms with E-state index < -0.39 is 17.0 Å². The van der Waals surface area contributed by atoms with Crippen LogP contribution in [0.15, 0.2) is 72.8 Å². The van der Waals surface area contributed by atoms with E-state index in [1.54, 1.807) is 36.4 Å². The van der Waals surface area contributed by atoms with E-state index in [4.69, 9.17) is 14.2 Å². The van der Waals surface area contributed by atoms with Gasteiger partial charge in [0.25, 0.3) is 0 Å². The third-order valence-electron chi connectivity index (χ3n) is 7.78. The number of benzene rings is 3. The Labute approximate surface area is 232 Å². The molecular weight excluding hydrogens is 490 g/mol. The van der Waals surface area contributed by atoms with E-state index in [9.17, 15) is 10.0 Å². The smallest absolute Gasteiger partial charge is 0.343 e. The lowest BCUT2D eigenvalue weighted by Gasteiger charge is -2.37. The molecule has 6 nitrogen and oxygen atoms in total. The molecule has 4 rings (SSSR count). The molecule has 0 spiro atoms. The lowest BCUT2D eigenvalue weighted by atomic mass is 9.89. The summed E-state index contributed by atoms with van der Waals surface area (Å²) in [6.07, 6.45) is 5.62. The predicted octanol–water partition coefficient (Wildman–Crippen LogP) is 7.84. The third kappa shape index (κ3) is 6.45. The van der Waals surface area contributed by atoms with Crippen molar-refractivity contribution < 1.29 is 24.2 Å². The normalized spacial score (nSPS) is 21.1. The number of ether oxygens (including phenoxy) is 3. The molecule has 2 atom stereocenters. The highest BCUT2D eigenvalue weighted by Gasteiger charge is 2.52. The van der Waals surface area contributed by atoms with E-state index in [0.29, 0.717) is 30.9 Å². The number of hydrogen-bond acceptors (Lipinski definition) is 5. The van der Waals surface area contributed by atoms with Gasteiger partial charge in [0, 0.05) is 0 Å². The average Bonchev–Trinajstić information content (AvgIpc) is 3.20. The molecule has 1 fully saturated rings. The molecule has 1 saturated heterocycles. The minimum Gasteiger partial charge on any atom is -0.494 e. The Kier molecular flexibility index (Phi) is 9.31. The van der Waals surface area contributed by atoms with Gasteiger partial charge in [0.15, 0.2) is 0 Å². The van der Waals surface area contributed by atoms with Crippen LogP contribution in [0.2, 0.25) is 0 Å². The van der Waals surface area contributed by atoms with Gasteiger partial charge in [0.2, 0.25) is 0 Å². The summed E-state index contributed by atoms with van der Waals surface area (Å²) in [5, 5.41) is 15.0. The Morgan fingerprint density at radius 2 is 1.10 bits per heavy atom. The molecule has 1 radical (unpaired) electrons. The molecule has 1 aliphatic heterocycles. The van der Waals surface area contributed by atoms with Gasteiger partial charge in [-0.2, -0.15) is 0 Å². The SMILES string of the molecule is CCCCOc1ccc(C(=O)Oc2ccc([C@@]3(C)CC[C@](C)(c4ccc(OCCCC)cc4)N3[O])cc2)cc1. The highest BCUT2D eigenvalue weighted by molar-refractivity contribution is 5.91. The van der Waals surface area contributed by atoms with Gasteiger partial charge in [0.1, 0.15) is 17.2 Å². The van der Waals surface area contributed by atoms with Gasteiger partial charge in [-0.1, -0.05) is 51.0 Å². The van der Waals surface area contributed by atoms with Gasteiger partial charge >= 0.3 is 5.97 Å². The molecule has 1 aliphatic rings. The van der Waals surface area contributed by atoms with Crippen LogP contribution in [0, 0.1) is 0 Å². The fourth-order valence-electron chi connectivity index (χ4n) is 5.07. The second kappa shape index (κ2) is 12.7. The van der Waals surface area contributed by atoms with Crippen LogP contribution < -0.4 is 14.2 Å². The number of hydrogen-bond donors (Lipinski definition) is 0. The van der Waals surface area contributed by atoms with E-state index in [0.717, 1.165) is 54.7 Å². The summed E-state index contributed by atoms with van der Waals surface area (Å²) in [6.45, 7) is 9.60. The summed E-state index contributed by atoms with van der Waals surface area (Å²) in [7, 11) is 0. The second-order valence-corrected chi connectivity index (χ2v) is 10.7. The maximum Gasteiger partial charge on any atom is 0.343 e. The number of nitrogens with zero attached hydrogens (tertiary/aromatic N) is 1. The van der Waals surface area contributed by atoms with Crippen LogP contribution in [0.3, 0.4) is 0 Å². The predicted molar refractivity (Wildman–Crippen MR) is 152 cm³/mol. The topological polar surface area (TPSA) is 67.9 Å². The van der Waals surface area contributed by atoms with Crippen LogP contribution in [0.1, 0.15) is 87.7 Å². The quantitative estimate of drug-likeness (QED) is 0.136. The Balaban J connectivity index is 1.40. The molecule has 3 aromatic rings. The van der Waals surface area contributed by atoms with E-state index in [1.165, 1.54) is 5.06 Å². The van der Waals surface area contributed by atoms with Gasteiger partial charge in [-0.05, 0) is 99.2 Å². The molecule has 3 aromatic carbocycles. The molecule has 0 aromatic heterocycles. The molecule has 0 unspecified atom stereocenters. The van der Waals surface area contributed by atoms with Gasteiger partial charge in [0.05, 0.1) is 29.9 Å². The van der Waals surface area contributed by atoms with Gasteiger partial charge in [-0.3, -0.25) is 0 Å². The number of carbonyl (C=O) groups is 1. The summed E-state index contributed by atoms with van der Waals surface area (Å²) in [4.78, 5) is 12.7. The van der Waals surface area contributed by atoms with E-state index in [2.05, 4.69) is 13.8 Å². The molecule has 0 bridgehead atoms. The van der Waals surface area contributed by atoms with Crippen molar-refractivity contribution in [2.24, 2.45) is 0 Å². The third-order valence-corrected chi connectivity index (χ3v) is 7.78. The first-order valence-corrected chi connectivity index (χ1v) is 14.1. The van der Waals surface area contributed by atoms with Crippen molar-refractivity contribution in [1.29, 1.82) is 0 Å².